The summed E-state index contributed by atoms with van der Waals surface area (Å²) in [5.41, 5.74) is 1.17. The van der Waals surface area contributed by atoms with Crippen LogP contribution in [0.5, 0.6) is 0 Å². The van der Waals surface area contributed by atoms with Crippen molar-refractivity contribution < 1.29 is 22.0 Å². The SMILES string of the molecule is CC(C)(C)c1ccc(S(=O)(=O)N2CCN(CC(=O)Nc3ccc(F)c(F)c3)CC2)cc1. The number of amides is 1. The maximum atomic E-state index is 13.3. The molecule has 0 saturated carbocycles. The Balaban J connectivity index is 1.55. The van der Waals surface area contributed by atoms with Gasteiger partial charge < -0.3 is 5.32 Å². The molecule has 0 aromatic heterocycles. The molecule has 9 heteroatoms. The largest absolute Gasteiger partial charge is 0.325 e. The summed E-state index contributed by atoms with van der Waals surface area (Å²) in [4.78, 5) is 14.3. The number of benzene rings is 2. The first-order valence-corrected chi connectivity index (χ1v) is 11.5. The molecule has 1 N–H and O–H groups in total. The van der Waals surface area contributed by atoms with Gasteiger partial charge in [0.15, 0.2) is 11.6 Å². The van der Waals surface area contributed by atoms with E-state index in [1.807, 2.05) is 17.0 Å². The lowest BCUT2D eigenvalue weighted by Gasteiger charge is -2.33. The van der Waals surface area contributed by atoms with E-state index in [9.17, 15) is 22.0 Å². The van der Waals surface area contributed by atoms with Crippen LogP contribution in [0.25, 0.3) is 0 Å². The number of sulfonamides is 1. The number of nitrogens with zero attached hydrogens (tertiary/aromatic N) is 2. The molecule has 31 heavy (non-hydrogen) atoms. The van der Waals surface area contributed by atoms with Gasteiger partial charge >= 0.3 is 0 Å². The van der Waals surface area contributed by atoms with Gasteiger partial charge in [0.05, 0.1) is 11.4 Å². The van der Waals surface area contributed by atoms with Crippen LogP contribution in [0.15, 0.2) is 47.4 Å². The average molecular weight is 452 g/mol. The molecule has 1 heterocycles. The summed E-state index contributed by atoms with van der Waals surface area (Å²) in [6.07, 6.45) is 0. The fourth-order valence-electron chi connectivity index (χ4n) is 3.38. The molecule has 2 aromatic rings. The minimum atomic E-state index is -3.60. The van der Waals surface area contributed by atoms with Crippen LogP contribution >= 0.6 is 0 Å². The van der Waals surface area contributed by atoms with E-state index in [-0.39, 0.29) is 41.5 Å². The Morgan fingerprint density at radius 1 is 0.968 bits per heavy atom. The second-order valence-corrected chi connectivity index (χ2v) is 10.6. The first kappa shape index (κ1) is 23.3. The van der Waals surface area contributed by atoms with Crippen LogP contribution in [-0.2, 0) is 20.2 Å². The van der Waals surface area contributed by atoms with E-state index in [2.05, 4.69) is 26.1 Å². The Morgan fingerprint density at radius 2 is 1.58 bits per heavy atom. The Hall–Kier alpha value is -2.36. The van der Waals surface area contributed by atoms with E-state index in [1.54, 1.807) is 12.1 Å². The molecule has 1 aliphatic heterocycles. The minimum absolute atomic E-state index is 0.0349. The molecule has 0 unspecified atom stereocenters. The van der Waals surface area contributed by atoms with Crippen molar-refractivity contribution in [3.05, 3.63) is 59.7 Å². The van der Waals surface area contributed by atoms with E-state index >= 15 is 0 Å². The number of hydrogen-bond acceptors (Lipinski definition) is 4. The monoisotopic (exact) mass is 451 g/mol. The molecule has 168 valence electrons. The van der Waals surface area contributed by atoms with Gasteiger partial charge in [-0.1, -0.05) is 32.9 Å². The minimum Gasteiger partial charge on any atom is -0.325 e. The number of halogens is 2. The Morgan fingerprint density at radius 3 is 2.13 bits per heavy atom. The molecule has 6 nitrogen and oxygen atoms in total. The van der Waals surface area contributed by atoms with Gasteiger partial charge in [0.1, 0.15) is 0 Å². The van der Waals surface area contributed by atoms with Crippen LogP contribution in [0.1, 0.15) is 26.3 Å². The van der Waals surface area contributed by atoms with Crippen molar-refractivity contribution in [1.29, 1.82) is 0 Å². The van der Waals surface area contributed by atoms with Crippen molar-refractivity contribution >= 4 is 21.6 Å². The van der Waals surface area contributed by atoms with E-state index in [1.165, 1.54) is 10.4 Å². The van der Waals surface area contributed by atoms with Crippen molar-refractivity contribution in [3.8, 4) is 0 Å². The van der Waals surface area contributed by atoms with Gasteiger partial charge in [0.2, 0.25) is 15.9 Å². The Labute approximate surface area is 181 Å². The van der Waals surface area contributed by atoms with Gasteiger partial charge in [0, 0.05) is 37.9 Å². The smallest absolute Gasteiger partial charge is 0.243 e. The van der Waals surface area contributed by atoms with E-state index in [4.69, 9.17) is 0 Å². The zero-order valence-electron chi connectivity index (χ0n) is 17.9. The maximum absolute atomic E-state index is 13.3. The average Bonchev–Trinajstić information content (AvgIpc) is 2.70. The highest BCUT2D eigenvalue weighted by Crippen LogP contribution is 2.25. The van der Waals surface area contributed by atoms with E-state index < -0.39 is 21.7 Å². The number of anilines is 1. The summed E-state index contributed by atoms with van der Waals surface area (Å²) < 4.78 is 53.5. The van der Waals surface area contributed by atoms with Crippen molar-refractivity contribution in [3.63, 3.8) is 0 Å². The van der Waals surface area contributed by atoms with Gasteiger partial charge in [-0.3, -0.25) is 9.69 Å². The number of rotatable bonds is 5. The number of hydrogen-bond donors (Lipinski definition) is 1. The molecule has 0 aliphatic carbocycles. The third-order valence-electron chi connectivity index (χ3n) is 5.26. The van der Waals surface area contributed by atoms with Crippen molar-refractivity contribution in [2.75, 3.05) is 38.0 Å². The topological polar surface area (TPSA) is 69.7 Å². The first-order chi connectivity index (χ1) is 14.5. The highest BCUT2D eigenvalue weighted by atomic mass is 32.2. The van der Waals surface area contributed by atoms with Crippen LogP contribution in [0, 0.1) is 11.6 Å². The van der Waals surface area contributed by atoms with Crippen molar-refractivity contribution in [2.45, 2.75) is 31.1 Å². The molecule has 1 amide bonds. The molecule has 1 saturated heterocycles. The summed E-state index contributed by atoms with van der Waals surface area (Å²) in [6, 6.07) is 10.1. The second-order valence-electron chi connectivity index (χ2n) is 8.63. The van der Waals surface area contributed by atoms with Crippen LogP contribution in [-0.4, -0.2) is 56.3 Å². The normalized spacial score (nSPS) is 16.3. The number of carbonyl (C=O) groups excluding carboxylic acids is 1. The molecular formula is C22H27F2N3O3S. The van der Waals surface area contributed by atoms with Gasteiger partial charge in [-0.2, -0.15) is 4.31 Å². The fraction of sp³-hybridized carbons (Fsp3) is 0.409. The zero-order chi connectivity index (χ0) is 22.8. The van der Waals surface area contributed by atoms with Crippen LogP contribution in [0.3, 0.4) is 0 Å². The number of piperazine rings is 1. The van der Waals surface area contributed by atoms with Gasteiger partial charge in [0.25, 0.3) is 0 Å². The summed E-state index contributed by atoms with van der Waals surface area (Å²) in [6.45, 7) is 7.56. The van der Waals surface area contributed by atoms with Gasteiger partial charge in [-0.05, 0) is 35.2 Å². The summed E-state index contributed by atoms with van der Waals surface area (Å²) in [5, 5.41) is 2.52. The molecule has 1 fully saturated rings. The molecule has 2 aromatic carbocycles. The molecule has 0 atom stereocenters. The summed E-state index contributed by atoms with van der Waals surface area (Å²) in [5.74, 6) is -2.39. The number of nitrogens with one attached hydrogen (secondary N) is 1. The lowest BCUT2D eigenvalue weighted by Crippen LogP contribution is -2.50. The van der Waals surface area contributed by atoms with Crippen LogP contribution < -0.4 is 5.32 Å². The predicted octanol–water partition coefficient (Wildman–Crippen LogP) is 3.21. The Bertz CT molecular complexity index is 1040. The maximum Gasteiger partial charge on any atom is 0.243 e. The standard InChI is InChI=1S/C22H27F2N3O3S/c1-22(2,3)16-4-7-18(8-5-16)31(29,30)27-12-10-26(11-13-27)15-21(28)25-17-6-9-19(23)20(24)14-17/h4-9,14H,10-13,15H2,1-3H3,(H,25,28). The number of carbonyl (C=O) groups is 1. The van der Waals surface area contributed by atoms with E-state index in [0.29, 0.717) is 13.1 Å². The lowest BCUT2D eigenvalue weighted by molar-refractivity contribution is -0.117. The fourth-order valence-corrected chi connectivity index (χ4v) is 4.80. The molecule has 0 radical (unpaired) electrons. The third kappa shape index (κ3) is 5.66. The quantitative estimate of drug-likeness (QED) is 0.758. The summed E-state index contributed by atoms with van der Waals surface area (Å²) in [7, 11) is -3.60. The first-order valence-electron chi connectivity index (χ1n) is 10.0. The lowest BCUT2D eigenvalue weighted by atomic mass is 9.87. The molecule has 0 bridgehead atoms. The summed E-state index contributed by atoms with van der Waals surface area (Å²) >= 11 is 0. The molecule has 1 aliphatic rings. The highest BCUT2D eigenvalue weighted by Gasteiger charge is 2.29. The van der Waals surface area contributed by atoms with Crippen molar-refractivity contribution in [1.82, 2.24) is 9.21 Å². The molecular weight excluding hydrogens is 424 g/mol. The Kier molecular flexibility index (Phi) is 6.78. The third-order valence-corrected chi connectivity index (χ3v) is 7.17. The molecule has 3 rings (SSSR count). The zero-order valence-corrected chi connectivity index (χ0v) is 18.7. The van der Waals surface area contributed by atoms with Crippen LogP contribution in [0.2, 0.25) is 0 Å². The predicted molar refractivity (Wildman–Crippen MR) is 115 cm³/mol. The highest BCUT2D eigenvalue weighted by molar-refractivity contribution is 7.89. The second kappa shape index (κ2) is 9.02. The molecule has 0 spiro atoms. The van der Waals surface area contributed by atoms with E-state index in [0.717, 1.165) is 17.7 Å². The van der Waals surface area contributed by atoms with Crippen molar-refractivity contribution in [2.24, 2.45) is 0 Å². The van der Waals surface area contributed by atoms with Gasteiger partial charge in [-0.25, -0.2) is 17.2 Å². The van der Waals surface area contributed by atoms with Crippen LogP contribution in [0.4, 0.5) is 14.5 Å². The van der Waals surface area contributed by atoms with Gasteiger partial charge in [-0.15, -0.1) is 0 Å².